The molecule has 2 rings (SSSR count). The van der Waals surface area contributed by atoms with E-state index in [4.69, 9.17) is 9.47 Å². The van der Waals surface area contributed by atoms with Crippen molar-refractivity contribution in [1.82, 2.24) is 16.0 Å². The van der Waals surface area contributed by atoms with Crippen LogP contribution in [0.5, 0.6) is 11.5 Å². The van der Waals surface area contributed by atoms with E-state index in [1.807, 2.05) is 52.8 Å². The van der Waals surface area contributed by atoms with Gasteiger partial charge in [0.15, 0.2) is 17.5 Å². The summed E-state index contributed by atoms with van der Waals surface area (Å²) >= 11 is 0. The molecular formula is C22H35N5O4. The Kier molecular flexibility index (Phi) is 8.96. The largest absolute Gasteiger partial charge is 0.490 e. The summed E-state index contributed by atoms with van der Waals surface area (Å²) in [5.74, 6) is 1.51. The van der Waals surface area contributed by atoms with Gasteiger partial charge in [0.05, 0.1) is 13.2 Å². The van der Waals surface area contributed by atoms with Gasteiger partial charge in [-0.25, -0.2) is 4.99 Å². The summed E-state index contributed by atoms with van der Waals surface area (Å²) in [4.78, 5) is 28.4. The van der Waals surface area contributed by atoms with Crippen molar-refractivity contribution in [2.24, 2.45) is 4.99 Å². The highest BCUT2D eigenvalue weighted by molar-refractivity contribution is 5.95. The molecular weight excluding hydrogens is 398 g/mol. The number of benzene rings is 1. The lowest BCUT2D eigenvalue weighted by molar-refractivity contribution is -0.122. The number of fused-ring (bicyclic) bond motifs is 1. The van der Waals surface area contributed by atoms with E-state index in [0.29, 0.717) is 37.2 Å². The van der Waals surface area contributed by atoms with Gasteiger partial charge in [0.2, 0.25) is 11.8 Å². The molecule has 0 aromatic heterocycles. The summed E-state index contributed by atoms with van der Waals surface area (Å²) in [6, 6.07) is 5.61. The predicted molar refractivity (Wildman–Crippen MR) is 122 cm³/mol. The molecule has 0 unspecified atom stereocenters. The summed E-state index contributed by atoms with van der Waals surface area (Å²) < 4.78 is 11.4. The fourth-order valence-electron chi connectivity index (χ4n) is 2.81. The van der Waals surface area contributed by atoms with Gasteiger partial charge in [-0.15, -0.1) is 0 Å². The van der Waals surface area contributed by atoms with Gasteiger partial charge in [-0.2, -0.15) is 0 Å². The summed E-state index contributed by atoms with van der Waals surface area (Å²) in [6.07, 6.45) is 1.11. The molecule has 0 aliphatic carbocycles. The molecule has 2 amide bonds. The summed E-state index contributed by atoms with van der Waals surface area (Å²) in [5.41, 5.74) is 0.398. The van der Waals surface area contributed by atoms with Crippen LogP contribution in [0.15, 0.2) is 23.2 Å². The first kappa shape index (κ1) is 24.3. The van der Waals surface area contributed by atoms with Gasteiger partial charge < -0.3 is 30.7 Å². The second-order valence-corrected chi connectivity index (χ2v) is 8.70. The second kappa shape index (κ2) is 11.4. The molecule has 0 saturated heterocycles. The normalized spacial score (nSPS) is 13.9. The number of carbonyl (C=O) groups is 2. The second-order valence-electron chi connectivity index (χ2n) is 8.70. The zero-order chi connectivity index (χ0) is 22.9. The number of carbonyl (C=O) groups excluding carboxylic acids is 2. The lowest BCUT2D eigenvalue weighted by Crippen LogP contribution is -2.42. The maximum Gasteiger partial charge on any atom is 0.242 e. The van der Waals surface area contributed by atoms with Crippen molar-refractivity contribution in [3.63, 3.8) is 0 Å². The summed E-state index contributed by atoms with van der Waals surface area (Å²) in [6.45, 7) is 11.1. The Labute approximate surface area is 184 Å². The number of nitrogens with zero attached hydrogens (tertiary/aromatic N) is 1. The molecule has 4 N–H and O–H groups in total. The van der Waals surface area contributed by atoms with Crippen molar-refractivity contribution in [3.8, 4) is 11.5 Å². The number of aliphatic imine (C=N–C) groups is 1. The molecule has 0 bridgehead atoms. The highest BCUT2D eigenvalue weighted by atomic mass is 16.5. The van der Waals surface area contributed by atoms with Crippen molar-refractivity contribution in [2.45, 2.75) is 59.0 Å². The molecule has 1 heterocycles. The van der Waals surface area contributed by atoms with Crippen LogP contribution in [0.3, 0.4) is 0 Å². The molecule has 1 aliphatic heterocycles. The first-order valence-electron chi connectivity index (χ1n) is 10.7. The Bertz CT molecular complexity index is 787. The molecule has 1 aromatic carbocycles. The minimum absolute atomic E-state index is 0.0463. The lowest BCUT2D eigenvalue weighted by Gasteiger charge is -2.20. The van der Waals surface area contributed by atoms with Crippen molar-refractivity contribution in [1.29, 1.82) is 0 Å². The smallest absolute Gasteiger partial charge is 0.242 e. The van der Waals surface area contributed by atoms with E-state index in [2.05, 4.69) is 26.3 Å². The van der Waals surface area contributed by atoms with Crippen LogP contribution in [0.4, 0.5) is 5.69 Å². The highest BCUT2D eigenvalue weighted by Gasteiger charge is 2.15. The van der Waals surface area contributed by atoms with Gasteiger partial charge >= 0.3 is 0 Å². The van der Waals surface area contributed by atoms with Crippen LogP contribution in [-0.2, 0) is 9.59 Å². The molecule has 172 valence electrons. The first-order valence-corrected chi connectivity index (χ1v) is 10.7. The number of hydrogen-bond donors (Lipinski definition) is 4. The Morgan fingerprint density at radius 3 is 2.48 bits per heavy atom. The zero-order valence-corrected chi connectivity index (χ0v) is 19.1. The van der Waals surface area contributed by atoms with E-state index in [1.165, 1.54) is 0 Å². The van der Waals surface area contributed by atoms with E-state index in [9.17, 15) is 9.59 Å². The van der Waals surface area contributed by atoms with Gasteiger partial charge in [0, 0.05) is 42.7 Å². The standard InChI is InChI=1S/C22H35N5O4/c1-15(2)25-19(28)9-10-23-21(24-14-20(29)27-22(3,4)5)26-16-7-8-17-18(13-16)31-12-6-11-30-17/h7-8,13,15H,6,9-12,14H2,1-5H3,(H,25,28)(H,27,29)(H2,23,24,26). The van der Waals surface area contributed by atoms with Crippen LogP contribution in [0.2, 0.25) is 0 Å². The predicted octanol–water partition coefficient (Wildman–Crippen LogP) is 2.03. The fourth-order valence-corrected chi connectivity index (χ4v) is 2.81. The maximum absolute atomic E-state index is 12.2. The average Bonchev–Trinajstić information content (AvgIpc) is 2.89. The van der Waals surface area contributed by atoms with E-state index in [0.717, 1.165) is 12.1 Å². The number of anilines is 1. The van der Waals surface area contributed by atoms with Crippen LogP contribution < -0.4 is 30.7 Å². The average molecular weight is 434 g/mol. The molecule has 0 spiro atoms. The number of ether oxygens (including phenoxy) is 2. The van der Waals surface area contributed by atoms with Crippen LogP contribution in [-0.4, -0.2) is 55.7 Å². The van der Waals surface area contributed by atoms with Crippen LogP contribution in [0.25, 0.3) is 0 Å². The quantitative estimate of drug-likeness (QED) is 0.387. The molecule has 1 aliphatic rings. The molecule has 0 saturated carbocycles. The summed E-state index contributed by atoms with van der Waals surface area (Å²) in [5, 5.41) is 12.0. The van der Waals surface area contributed by atoms with Crippen molar-refractivity contribution >= 4 is 23.5 Å². The van der Waals surface area contributed by atoms with E-state index >= 15 is 0 Å². The lowest BCUT2D eigenvalue weighted by atomic mass is 10.1. The molecule has 1 aromatic rings. The third-order valence-corrected chi connectivity index (χ3v) is 4.00. The molecule has 0 fully saturated rings. The van der Waals surface area contributed by atoms with Gasteiger partial charge in [0.25, 0.3) is 0 Å². The first-order chi connectivity index (χ1) is 14.6. The minimum Gasteiger partial charge on any atom is -0.490 e. The van der Waals surface area contributed by atoms with Gasteiger partial charge in [-0.1, -0.05) is 0 Å². The van der Waals surface area contributed by atoms with Crippen molar-refractivity contribution in [2.75, 3.05) is 31.6 Å². The van der Waals surface area contributed by atoms with Crippen LogP contribution >= 0.6 is 0 Å². The van der Waals surface area contributed by atoms with Gasteiger partial charge in [-0.05, 0) is 46.8 Å². The van der Waals surface area contributed by atoms with Crippen molar-refractivity contribution in [3.05, 3.63) is 18.2 Å². The van der Waals surface area contributed by atoms with E-state index < -0.39 is 0 Å². The number of hydrogen-bond acceptors (Lipinski definition) is 5. The van der Waals surface area contributed by atoms with Gasteiger partial charge in [0.1, 0.15) is 6.54 Å². The van der Waals surface area contributed by atoms with Crippen LogP contribution in [0, 0.1) is 0 Å². The van der Waals surface area contributed by atoms with E-state index in [1.54, 1.807) is 0 Å². The summed E-state index contributed by atoms with van der Waals surface area (Å²) in [7, 11) is 0. The Morgan fingerprint density at radius 1 is 1.10 bits per heavy atom. The van der Waals surface area contributed by atoms with E-state index in [-0.39, 0.29) is 36.4 Å². The minimum atomic E-state index is -0.336. The van der Waals surface area contributed by atoms with Crippen molar-refractivity contribution < 1.29 is 19.1 Å². The zero-order valence-electron chi connectivity index (χ0n) is 19.1. The third-order valence-electron chi connectivity index (χ3n) is 4.00. The monoisotopic (exact) mass is 433 g/mol. The molecule has 9 heteroatoms. The molecule has 9 nitrogen and oxygen atoms in total. The number of guanidine groups is 1. The third kappa shape index (κ3) is 9.59. The fraction of sp³-hybridized carbons (Fsp3) is 0.591. The number of rotatable bonds is 7. The van der Waals surface area contributed by atoms with Gasteiger partial charge in [-0.3, -0.25) is 9.59 Å². The number of nitrogens with one attached hydrogen (secondary N) is 4. The number of amides is 2. The SMILES string of the molecule is CC(C)NC(=O)CCNC(=NCC(=O)NC(C)(C)C)Nc1ccc2c(c1)OCCCO2. The Morgan fingerprint density at radius 2 is 1.81 bits per heavy atom. The molecule has 31 heavy (non-hydrogen) atoms. The maximum atomic E-state index is 12.2. The Balaban J connectivity index is 2.05. The molecule has 0 radical (unpaired) electrons. The topological polar surface area (TPSA) is 113 Å². The Hall–Kier alpha value is -2.97. The highest BCUT2D eigenvalue weighted by Crippen LogP contribution is 2.32. The van der Waals surface area contributed by atoms with Crippen LogP contribution in [0.1, 0.15) is 47.5 Å². The molecule has 0 atom stereocenters.